The zero-order valence-electron chi connectivity index (χ0n) is 11.4. The standard InChI is InChI=1S/C15H18O4/c1-4-18-12-7-5-6-10-11(8-9(2)3)14(15(16)17)19-13(10)12/h5-7,9H,4,8H2,1-3H3,(H,16,17). The summed E-state index contributed by atoms with van der Waals surface area (Å²) in [6.45, 7) is 6.50. The van der Waals surface area contributed by atoms with Gasteiger partial charge in [0.05, 0.1) is 6.61 Å². The first kappa shape index (κ1) is 13.5. The Bertz CT molecular complexity index is 595. The summed E-state index contributed by atoms with van der Waals surface area (Å²) in [5.74, 6) is -0.0580. The lowest BCUT2D eigenvalue weighted by Crippen LogP contribution is -2.02. The number of aromatic carboxylic acids is 1. The second-order valence-corrected chi connectivity index (χ2v) is 4.88. The molecular formula is C15H18O4. The molecule has 2 aromatic rings. The van der Waals surface area contributed by atoms with Gasteiger partial charge in [-0.25, -0.2) is 4.79 Å². The summed E-state index contributed by atoms with van der Waals surface area (Å²) in [7, 11) is 0. The summed E-state index contributed by atoms with van der Waals surface area (Å²) in [4.78, 5) is 11.3. The van der Waals surface area contributed by atoms with Crippen molar-refractivity contribution in [2.45, 2.75) is 27.2 Å². The second-order valence-electron chi connectivity index (χ2n) is 4.88. The zero-order chi connectivity index (χ0) is 14.0. The summed E-state index contributed by atoms with van der Waals surface area (Å²) < 4.78 is 11.0. The minimum atomic E-state index is -1.03. The maximum atomic E-state index is 11.3. The maximum absolute atomic E-state index is 11.3. The molecule has 4 nitrogen and oxygen atoms in total. The quantitative estimate of drug-likeness (QED) is 0.892. The van der Waals surface area contributed by atoms with Crippen LogP contribution in [-0.2, 0) is 6.42 Å². The first-order chi connectivity index (χ1) is 9.04. The normalized spacial score (nSPS) is 11.2. The molecule has 0 saturated heterocycles. The second kappa shape index (κ2) is 5.34. The van der Waals surface area contributed by atoms with Crippen molar-refractivity contribution >= 4 is 16.9 Å². The van der Waals surface area contributed by atoms with Gasteiger partial charge >= 0.3 is 5.97 Å². The molecule has 0 saturated carbocycles. The van der Waals surface area contributed by atoms with Crippen LogP contribution >= 0.6 is 0 Å². The number of hydrogen-bond acceptors (Lipinski definition) is 3. The molecule has 0 amide bonds. The van der Waals surface area contributed by atoms with Gasteiger partial charge in [-0.2, -0.15) is 0 Å². The Labute approximate surface area is 112 Å². The van der Waals surface area contributed by atoms with Gasteiger partial charge in [0.15, 0.2) is 11.3 Å². The molecule has 0 fully saturated rings. The highest BCUT2D eigenvalue weighted by atomic mass is 16.5. The van der Waals surface area contributed by atoms with Crippen LogP contribution in [0.15, 0.2) is 22.6 Å². The summed E-state index contributed by atoms with van der Waals surface area (Å²) in [5.41, 5.74) is 1.27. The highest BCUT2D eigenvalue weighted by Crippen LogP contribution is 2.34. The number of hydrogen-bond donors (Lipinski definition) is 1. The predicted molar refractivity (Wildman–Crippen MR) is 72.9 cm³/mol. The van der Waals surface area contributed by atoms with Gasteiger partial charge < -0.3 is 14.3 Å². The minimum absolute atomic E-state index is 0.0239. The Balaban J connectivity index is 2.65. The van der Waals surface area contributed by atoms with E-state index < -0.39 is 5.97 Å². The minimum Gasteiger partial charge on any atom is -0.490 e. The van der Waals surface area contributed by atoms with Crippen molar-refractivity contribution in [3.05, 3.63) is 29.5 Å². The van der Waals surface area contributed by atoms with Crippen LogP contribution in [0, 0.1) is 5.92 Å². The number of furan rings is 1. The van der Waals surface area contributed by atoms with E-state index in [1.165, 1.54) is 0 Å². The van der Waals surface area contributed by atoms with E-state index in [1.807, 2.05) is 19.1 Å². The fraction of sp³-hybridized carbons (Fsp3) is 0.400. The van der Waals surface area contributed by atoms with Crippen LogP contribution in [0.25, 0.3) is 11.0 Å². The van der Waals surface area contributed by atoms with Crippen molar-refractivity contribution in [1.82, 2.24) is 0 Å². The molecule has 0 aliphatic carbocycles. The molecule has 4 heteroatoms. The van der Waals surface area contributed by atoms with Crippen LogP contribution in [-0.4, -0.2) is 17.7 Å². The van der Waals surface area contributed by atoms with Crippen molar-refractivity contribution < 1.29 is 19.1 Å². The van der Waals surface area contributed by atoms with Gasteiger partial charge in [-0.1, -0.05) is 26.0 Å². The summed E-state index contributed by atoms with van der Waals surface area (Å²) in [5, 5.41) is 10.1. The molecule has 0 aliphatic rings. The van der Waals surface area contributed by atoms with Crippen LogP contribution < -0.4 is 4.74 Å². The third kappa shape index (κ3) is 2.57. The van der Waals surface area contributed by atoms with E-state index in [0.717, 1.165) is 10.9 Å². The largest absolute Gasteiger partial charge is 0.490 e. The number of benzene rings is 1. The Morgan fingerprint density at radius 2 is 2.16 bits per heavy atom. The Kier molecular flexibility index (Phi) is 3.79. The molecule has 0 unspecified atom stereocenters. The smallest absolute Gasteiger partial charge is 0.372 e. The molecule has 1 aromatic heterocycles. The summed E-state index contributed by atoms with van der Waals surface area (Å²) in [6.07, 6.45) is 0.671. The van der Waals surface area contributed by atoms with Gasteiger partial charge in [0.25, 0.3) is 0 Å². The average Bonchev–Trinajstić information content (AvgIpc) is 2.69. The molecule has 0 radical (unpaired) electrons. The lowest BCUT2D eigenvalue weighted by molar-refractivity contribution is 0.0663. The molecule has 2 rings (SSSR count). The average molecular weight is 262 g/mol. The predicted octanol–water partition coefficient (Wildman–Crippen LogP) is 3.73. The van der Waals surface area contributed by atoms with Crippen molar-refractivity contribution in [2.24, 2.45) is 5.92 Å². The monoisotopic (exact) mass is 262 g/mol. The van der Waals surface area contributed by atoms with Crippen molar-refractivity contribution in [3.8, 4) is 5.75 Å². The number of para-hydroxylation sites is 1. The van der Waals surface area contributed by atoms with E-state index in [1.54, 1.807) is 6.07 Å². The third-order valence-corrected chi connectivity index (χ3v) is 2.89. The van der Waals surface area contributed by atoms with Crippen molar-refractivity contribution in [3.63, 3.8) is 0 Å². The third-order valence-electron chi connectivity index (χ3n) is 2.89. The molecule has 102 valence electrons. The van der Waals surface area contributed by atoms with Gasteiger partial charge in [0.2, 0.25) is 5.76 Å². The highest BCUT2D eigenvalue weighted by Gasteiger charge is 2.22. The van der Waals surface area contributed by atoms with Crippen LogP contribution in [0.4, 0.5) is 0 Å². The summed E-state index contributed by atoms with van der Waals surface area (Å²) in [6, 6.07) is 5.53. The number of ether oxygens (including phenoxy) is 1. The lowest BCUT2D eigenvalue weighted by Gasteiger charge is -2.04. The van der Waals surface area contributed by atoms with E-state index in [2.05, 4.69) is 13.8 Å². The van der Waals surface area contributed by atoms with E-state index in [9.17, 15) is 9.90 Å². The number of fused-ring (bicyclic) bond motifs is 1. The SMILES string of the molecule is CCOc1cccc2c(CC(C)C)c(C(=O)O)oc12. The molecule has 1 aromatic carbocycles. The van der Waals surface area contributed by atoms with Gasteiger partial charge in [-0.3, -0.25) is 0 Å². The van der Waals surface area contributed by atoms with Crippen LogP contribution in [0.2, 0.25) is 0 Å². The lowest BCUT2D eigenvalue weighted by atomic mass is 10.00. The fourth-order valence-corrected chi connectivity index (χ4v) is 2.20. The molecule has 0 bridgehead atoms. The zero-order valence-corrected chi connectivity index (χ0v) is 11.4. The molecule has 0 spiro atoms. The molecule has 1 heterocycles. The van der Waals surface area contributed by atoms with E-state index in [4.69, 9.17) is 9.15 Å². The van der Waals surface area contributed by atoms with Crippen molar-refractivity contribution in [1.29, 1.82) is 0 Å². The fourth-order valence-electron chi connectivity index (χ4n) is 2.20. The number of carbonyl (C=O) groups is 1. The molecular weight excluding hydrogens is 244 g/mol. The molecule has 19 heavy (non-hydrogen) atoms. The Morgan fingerprint density at radius 3 is 2.74 bits per heavy atom. The topological polar surface area (TPSA) is 59.7 Å². The Hall–Kier alpha value is -1.97. The van der Waals surface area contributed by atoms with E-state index in [-0.39, 0.29) is 5.76 Å². The van der Waals surface area contributed by atoms with E-state index >= 15 is 0 Å². The van der Waals surface area contributed by atoms with Crippen LogP contribution in [0.1, 0.15) is 36.9 Å². The number of rotatable bonds is 5. The molecule has 0 aliphatic heterocycles. The van der Waals surface area contributed by atoms with Gasteiger partial charge in [-0.05, 0) is 25.3 Å². The van der Waals surface area contributed by atoms with Crippen LogP contribution in [0.5, 0.6) is 5.75 Å². The number of carboxylic acid groups (broad SMARTS) is 1. The summed E-state index contributed by atoms with van der Waals surface area (Å²) >= 11 is 0. The van der Waals surface area contributed by atoms with Gasteiger partial charge in [0.1, 0.15) is 0 Å². The maximum Gasteiger partial charge on any atom is 0.372 e. The van der Waals surface area contributed by atoms with Crippen molar-refractivity contribution in [2.75, 3.05) is 6.61 Å². The molecule has 1 N–H and O–H groups in total. The first-order valence-electron chi connectivity index (χ1n) is 6.45. The van der Waals surface area contributed by atoms with Crippen LogP contribution in [0.3, 0.4) is 0 Å². The molecule has 0 atom stereocenters. The van der Waals surface area contributed by atoms with Gasteiger partial charge in [-0.15, -0.1) is 0 Å². The highest BCUT2D eigenvalue weighted by molar-refractivity contribution is 5.97. The Morgan fingerprint density at radius 1 is 1.42 bits per heavy atom. The van der Waals surface area contributed by atoms with E-state index in [0.29, 0.717) is 30.3 Å². The number of carboxylic acids is 1. The first-order valence-corrected chi connectivity index (χ1v) is 6.45. The van der Waals surface area contributed by atoms with Gasteiger partial charge in [0, 0.05) is 10.9 Å².